The summed E-state index contributed by atoms with van der Waals surface area (Å²) in [7, 11) is 0. The zero-order valence-electron chi connectivity index (χ0n) is 15.8. The van der Waals surface area contributed by atoms with E-state index in [1.54, 1.807) is 18.5 Å². The molecule has 6 nitrogen and oxygen atoms in total. The SMILES string of the molecule is CC(C)c1ccc(NC(=O)c2cc(N3Cc4cnc(S)nc4C3)ccn2)cc1. The van der Waals surface area contributed by atoms with E-state index in [4.69, 9.17) is 0 Å². The standard InChI is InChI=1S/C21H21N5OS/c1-13(2)14-3-5-16(6-4-14)24-20(27)18-9-17(7-8-22-18)26-11-15-10-23-21(28)25-19(15)12-26/h3-10,13H,11-12H2,1-2H3,(H,24,27)(H,23,25,28). The fourth-order valence-corrected chi connectivity index (χ4v) is 3.39. The smallest absolute Gasteiger partial charge is 0.274 e. The van der Waals surface area contributed by atoms with E-state index in [2.05, 4.69) is 51.6 Å². The predicted molar refractivity (Wildman–Crippen MR) is 112 cm³/mol. The number of amides is 1. The Bertz CT molecular complexity index is 1020. The molecule has 3 aromatic rings. The molecular weight excluding hydrogens is 370 g/mol. The first-order valence-electron chi connectivity index (χ1n) is 9.15. The Balaban J connectivity index is 1.48. The molecule has 0 aliphatic carbocycles. The third-order valence-corrected chi connectivity index (χ3v) is 5.04. The van der Waals surface area contributed by atoms with Crippen LogP contribution in [0.2, 0.25) is 0 Å². The Morgan fingerprint density at radius 2 is 1.93 bits per heavy atom. The van der Waals surface area contributed by atoms with E-state index in [1.807, 2.05) is 30.3 Å². The van der Waals surface area contributed by atoms with Crippen LogP contribution in [0, 0.1) is 0 Å². The Morgan fingerprint density at radius 1 is 1.14 bits per heavy atom. The molecule has 0 fully saturated rings. The summed E-state index contributed by atoms with van der Waals surface area (Å²) in [4.78, 5) is 27.5. The lowest BCUT2D eigenvalue weighted by molar-refractivity contribution is 0.102. The average molecular weight is 392 g/mol. The van der Waals surface area contributed by atoms with Crippen molar-refractivity contribution >= 4 is 29.9 Å². The number of rotatable bonds is 4. The second-order valence-corrected chi connectivity index (χ2v) is 7.53. The Hall–Kier alpha value is -2.93. The molecule has 3 heterocycles. The lowest BCUT2D eigenvalue weighted by Gasteiger charge is -2.17. The number of benzene rings is 1. The number of anilines is 2. The number of pyridine rings is 1. The van der Waals surface area contributed by atoms with Gasteiger partial charge in [0.2, 0.25) is 0 Å². The quantitative estimate of drug-likeness (QED) is 0.518. The zero-order chi connectivity index (χ0) is 19.7. The van der Waals surface area contributed by atoms with Gasteiger partial charge in [-0.3, -0.25) is 9.78 Å². The highest BCUT2D eigenvalue weighted by Gasteiger charge is 2.22. The molecule has 1 aliphatic rings. The summed E-state index contributed by atoms with van der Waals surface area (Å²) in [5, 5.41) is 3.39. The first-order chi connectivity index (χ1) is 13.5. The van der Waals surface area contributed by atoms with Crippen LogP contribution >= 0.6 is 12.6 Å². The molecule has 1 amide bonds. The number of hydrogen-bond acceptors (Lipinski definition) is 6. The predicted octanol–water partition coefficient (Wildman–Crippen LogP) is 4.06. The molecule has 0 bridgehead atoms. The van der Waals surface area contributed by atoms with Gasteiger partial charge < -0.3 is 10.2 Å². The molecule has 1 N–H and O–H groups in total. The molecule has 0 spiro atoms. The molecule has 0 saturated heterocycles. The average Bonchev–Trinajstić information content (AvgIpc) is 3.11. The van der Waals surface area contributed by atoms with Crippen LogP contribution in [0.15, 0.2) is 53.9 Å². The minimum Gasteiger partial charge on any atom is -0.361 e. The maximum absolute atomic E-state index is 12.6. The van der Waals surface area contributed by atoms with Crippen LogP contribution in [-0.2, 0) is 13.1 Å². The monoisotopic (exact) mass is 391 g/mol. The van der Waals surface area contributed by atoms with Crippen LogP contribution in [0.3, 0.4) is 0 Å². The second kappa shape index (κ2) is 7.59. The molecule has 2 aromatic heterocycles. The van der Waals surface area contributed by atoms with Crippen LogP contribution in [0.1, 0.15) is 47.1 Å². The van der Waals surface area contributed by atoms with Gasteiger partial charge in [-0.25, -0.2) is 9.97 Å². The highest BCUT2D eigenvalue weighted by Crippen LogP contribution is 2.27. The summed E-state index contributed by atoms with van der Waals surface area (Å²) >= 11 is 4.20. The first kappa shape index (κ1) is 18.4. The van der Waals surface area contributed by atoms with Gasteiger partial charge in [-0.15, -0.1) is 12.6 Å². The van der Waals surface area contributed by atoms with Crippen LogP contribution in [0.4, 0.5) is 11.4 Å². The Morgan fingerprint density at radius 3 is 2.68 bits per heavy atom. The van der Waals surface area contributed by atoms with Crippen molar-refractivity contribution in [3.8, 4) is 0 Å². The number of aromatic nitrogens is 3. The second-order valence-electron chi connectivity index (χ2n) is 7.13. The van der Waals surface area contributed by atoms with Crippen LogP contribution < -0.4 is 10.2 Å². The summed E-state index contributed by atoms with van der Waals surface area (Å²) in [6.45, 7) is 5.64. The zero-order valence-corrected chi connectivity index (χ0v) is 16.6. The van der Waals surface area contributed by atoms with Crippen molar-refractivity contribution in [1.29, 1.82) is 0 Å². The van der Waals surface area contributed by atoms with E-state index in [-0.39, 0.29) is 5.91 Å². The number of nitrogens with one attached hydrogen (secondary N) is 1. The lowest BCUT2D eigenvalue weighted by Crippen LogP contribution is -2.18. The third-order valence-electron chi connectivity index (χ3n) is 4.82. The van der Waals surface area contributed by atoms with Crippen molar-refractivity contribution in [2.75, 3.05) is 10.2 Å². The Labute approximate surface area is 169 Å². The van der Waals surface area contributed by atoms with Crippen molar-refractivity contribution in [2.24, 2.45) is 0 Å². The fraction of sp³-hybridized carbons (Fsp3) is 0.238. The number of nitrogens with zero attached hydrogens (tertiary/aromatic N) is 4. The topological polar surface area (TPSA) is 71.0 Å². The summed E-state index contributed by atoms with van der Waals surface area (Å²) in [6.07, 6.45) is 3.46. The van der Waals surface area contributed by atoms with Gasteiger partial charge in [0.05, 0.1) is 12.2 Å². The number of thiol groups is 1. The number of carbonyl (C=O) groups is 1. The van der Waals surface area contributed by atoms with Crippen molar-refractivity contribution < 1.29 is 4.79 Å². The van der Waals surface area contributed by atoms with E-state index in [0.29, 0.717) is 29.9 Å². The molecule has 28 heavy (non-hydrogen) atoms. The van der Waals surface area contributed by atoms with E-state index in [0.717, 1.165) is 22.6 Å². The van der Waals surface area contributed by atoms with Gasteiger partial charge in [0.1, 0.15) is 5.69 Å². The fourth-order valence-electron chi connectivity index (χ4n) is 3.21. The van der Waals surface area contributed by atoms with Crippen LogP contribution in [0.5, 0.6) is 0 Å². The highest BCUT2D eigenvalue weighted by atomic mass is 32.1. The summed E-state index contributed by atoms with van der Waals surface area (Å²) in [6, 6.07) is 11.6. The van der Waals surface area contributed by atoms with Gasteiger partial charge >= 0.3 is 0 Å². The summed E-state index contributed by atoms with van der Waals surface area (Å²) in [5.74, 6) is 0.226. The molecule has 0 atom stereocenters. The van der Waals surface area contributed by atoms with Crippen molar-refractivity contribution in [1.82, 2.24) is 15.0 Å². The minimum atomic E-state index is -0.228. The maximum Gasteiger partial charge on any atom is 0.274 e. The molecule has 0 saturated carbocycles. The van der Waals surface area contributed by atoms with Crippen LogP contribution in [0.25, 0.3) is 0 Å². The van der Waals surface area contributed by atoms with Gasteiger partial charge in [-0.2, -0.15) is 0 Å². The molecule has 1 aromatic carbocycles. The lowest BCUT2D eigenvalue weighted by atomic mass is 10.0. The number of hydrogen-bond donors (Lipinski definition) is 2. The largest absolute Gasteiger partial charge is 0.361 e. The molecule has 4 rings (SSSR count). The van der Waals surface area contributed by atoms with E-state index in [9.17, 15) is 4.79 Å². The summed E-state index contributed by atoms with van der Waals surface area (Å²) in [5.41, 5.74) is 5.33. The van der Waals surface area contributed by atoms with Crippen LogP contribution in [-0.4, -0.2) is 20.9 Å². The molecule has 7 heteroatoms. The van der Waals surface area contributed by atoms with Gasteiger partial charge in [0, 0.05) is 35.9 Å². The molecule has 0 radical (unpaired) electrons. The molecular formula is C21H21N5OS. The normalized spacial score (nSPS) is 12.9. The molecule has 0 unspecified atom stereocenters. The van der Waals surface area contributed by atoms with Gasteiger partial charge in [-0.1, -0.05) is 26.0 Å². The van der Waals surface area contributed by atoms with E-state index < -0.39 is 0 Å². The van der Waals surface area contributed by atoms with E-state index in [1.165, 1.54) is 5.56 Å². The van der Waals surface area contributed by atoms with Gasteiger partial charge in [-0.05, 0) is 35.7 Å². The van der Waals surface area contributed by atoms with Crippen molar-refractivity contribution in [3.63, 3.8) is 0 Å². The van der Waals surface area contributed by atoms with Crippen molar-refractivity contribution in [2.45, 2.75) is 38.0 Å². The first-order valence-corrected chi connectivity index (χ1v) is 9.60. The highest BCUT2D eigenvalue weighted by molar-refractivity contribution is 7.80. The number of fused-ring (bicyclic) bond motifs is 1. The molecule has 1 aliphatic heterocycles. The summed E-state index contributed by atoms with van der Waals surface area (Å²) < 4.78 is 0. The van der Waals surface area contributed by atoms with Gasteiger partial charge in [0.15, 0.2) is 5.16 Å². The Kier molecular flexibility index (Phi) is 5.00. The third kappa shape index (κ3) is 3.84. The molecule has 142 valence electrons. The number of carbonyl (C=O) groups excluding carboxylic acids is 1. The minimum absolute atomic E-state index is 0.228. The van der Waals surface area contributed by atoms with E-state index >= 15 is 0 Å². The van der Waals surface area contributed by atoms with Crippen molar-refractivity contribution in [3.05, 3.63) is 71.3 Å². The maximum atomic E-state index is 12.6. The van der Waals surface area contributed by atoms with Gasteiger partial charge in [0.25, 0.3) is 5.91 Å².